The van der Waals surface area contributed by atoms with Crippen LogP contribution in [0, 0.1) is 5.92 Å². The quantitative estimate of drug-likeness (QED) is 0.307. The molecule has 1 aromatic carbocycles. The van der Waals surface area contributed by atoms with Crippen molar-refractivity contribution in [2.75, 3.05) is 72.0 Å². The SMILES string of the molecule is C=CC(=O)N1CCN(CCCn2c(=O)c(-c3cc(OC)cc(OC)c3Cl)cc3cnc(NCCC4CCOC4)nc32)CC1. The van der Waals surface area contributed by atoms with Crippen molar-refractivity contribution >= 4 is 34.5 Å². The van der Waals surface area contributed by atoms with Crippen molar-refractivity contribution < 1.29 is 19.0 Å². The molecule has 0 saturated carbocycles. The zero-order valence-corrected chi connectivity index (χ0v) is 25.6. The number of benzene rings is 1. The second-order valence-corrected chi connectivity index (χ2v) is 11.2. The number of rotatable bonds is 12. The highest BCUT2D eigenvalue weighted by molar-refractivity contribution is 6.35. The number of aromatic nitrogens is 3. The second-order valence-electron chi connectivity index (χ2n) is 10.8. The number of amides is 1. The third-order valence-corrected chi connectivity index (χ3v) is 8.55. The van der Waals surface area contributed by atoms with Gasteiger partial charge >= 0.3 is 0 Å². The first-order valence-electron chi connectivity index (χ1n) is 14.7. The fraction of sp³-hybridized carbons (Fsp3) is 0.484. The number of nitrogens with zero attached hydrogens (tertiary/aromatic N) is 5. The van der Waals surface area contributed by atoms with Gasteiger partial charge in [-0.05, 0) is 49.9 Å². The lowest BCUT2D eigenvalue weighted by Crippen LogP contribution is -2.48. The lowest BCUT2D eigenvalue weighted by Gasteiger charge is -2.34. The van der Waals surface area contributed by atoms with E-state index >= 15 is 0 Å². The number of methoxy groups -OCH3 is 2. The summed E-state index contributed by atoms with van der Waals surface area (Å²) in [5, 5.41) is 4.38. The van der Waals surface area contributed by atoms with Crippen LogP contribution in [0.3, 0.4) is 0 Å². The van der Waals surface area contributed by atoms with Crippen LogP contribution in [0.4, 0.5) is 5.95 Å². The van der Waals surface area contributed by atoms with Crippen LogP contribution in [-0.2, 0) is 16.1 Å². The molecule has 43 heavy (non-hydrogen) atoms. The Labute approximate surface area is 256 Å². The first-order chi connectivity index (χ1) is 20.9. The van der Waals surface area contributed by atoms with E-state index in [9.17, 15) is 9.59 Å². The van der Waals surface area contributed by atoms with Gasteiger partial charge in [0.25, 0.3) is 5.56 Å². The van der Waals surface area contributed by atoms with E-state index in [-0.39, 0.29) is 11.5 Å². The molecule has 1 atom stereocenters. The molecule has 1 unspecified atom stereocenters. The molecule has 3 aromatic rings. The van der Waals surface area contributed by atoms with Gasteiger partial charge in [0.05, 0.1) is 19.2 Å². The number of aryl methyl sites for hydroxylation is 1. The summed E-state index contributed by atoms with van der Waals surface area (Å²) < 4.78 is 18.1. The third kappa shape index (κ3) is 7.11. The van der Waals surface area contributed by atoms with Crippen LogP contribution in [0.1, 0.15) is 19.3 Å². The zero-order valence-electron chi connectivity index (χ0n) is 24.8. The van der Waals surface area contributed by atoms with Gasteiger partial charge in [0, 0.05) is 81.3 Å². The van der Waals surface area contributed by atoms with Crippen LogP contribution in [-0.4, -0.2) is 96.9 Å². The van der Waals surface area contributed by atoms with Crippen LogP contribution in [0.15, 0.2) is 41.8 Å². The van der Waals surface area contributed by atoms with Gasteiger partial charge in [-0.1, -0.05) is 18.2 Å². The van der Waals surface area contributed by atoms with Crippen molar-refractivity contribution in [3.63, 3.8) is 0 Å². The number of fused-ring (bicyclic) bond motifs is 1. The van der Waals surface area contributed by atoms with Gasteiger partial charge in [0.1, 0.15) is 17.1 Å². The molecule has 0 aliphatic carbocycles. The number of carbonyl (C=O) groups excluding carboxylic acids is 1. The van der Waals surface area contributed by atoms with E-state index in [1.165, 1.54) is 13.2 Å². The monoisotopic (exact) mass is 610 g/mol. The highest BCUT2D eigenvalue weighted by Gasteiger charge is 2.21. The molecule has 11 nitrogen and oxygen atoms in total. The van der Waals surface area contributed by atoms with Crippen molar-refractivity contribution in [1.29, 1.82) is 0 Å². The van der Waals surface area contributed by atoms with E-state index < -0.39 is 0 Å². The molecule has 0 spiro atoms. The van der Waals surface area contributed by atoms with E-state index in [4.69, 9.17) is 30.8 Å². The standard InChI is InChI=1S/C31H39ClN6O5/c1-4-27(39)37-13-11-36(12-14-37)9-5-10-38-29-22(19-34-31(35-29)33-8-6-21-7-15-43-20-21)16-25(30(38)40)24-17-23(41-2)18-26(42-3)28(24)32/h4,16-19,21H,1,5-15,20H2,2-3H3,(H,33,34,35). The molecule has 12 heteroatoms. The zero-order chi connectivity index (χ0) is 30.3. The van der Waals surface area contributed by atoms with Crippen molar-refractivity contribution in [3.8, 4) is 22.6 Å². The predicted molar refractivity (Wildman–Crippen MR) is 167 cm³/mol. The number of hydrogen-bond acceptors (Lipinski definition) is 9. The number of anilines is 1. The Balaban J connectivity index is 1.43. The molecule has 1 N–H and O–H groups in total. The molecule has 2 aliphatic rings. The molecule has 230 valence electrons. The molecule has 4 heterocycles. The molecule has 2 aliphatic heterocycles. The Bertz CT molecular complexity index is 1510. The minimum absolute atomic E-state index is 0.0389. The number of hydrogen-bond donors (Lipinski definition) is 1. The molecule has 0 bridgehead atoms. The van der Waals surface area contributed by atoms with Crippen molar-refractivity contribution in [3.05, 3.63) is 52.4 Å². The first kappa shape index (κ1) is 30.8. The molecular weight excluding hydrogens is 572 g/mol. The molecular formula is C31H39ClN6O5. The number of nitrogens with one attached hydrogen (secondary N) is 1. The number of pyridine rings is 1. The molecule has 1 amide bonds. The molecule has 2 fully saturated rings. The van der Waals surface area contributed by atoms with E-state index in [1.807, 2.05) is 4.90 Å². The maximum absolute atomic E-state index is 14.1. The van der Waals surface area contributed by atoms with E-state index in [1.54, 1.807) is 36.1 Å². The number of halogens is 1. The minimum Gasteiger partial charge on any atom is -0.497 e. The summed E-state index contributed by atoms with van der Waals surface area (Å²) in [7, 11) is 3.08. The summed E-state index contributed by atoms with van der Waals surface area (Å²) in [5.41, 5.74) is 1.28. The molecule has 2 aromatic heterocycles. The van der Waals surface area contributed by atoms with Crippen LogP contribution < -0.4 is 20.3 Å². The van der Waals surface area contributed by atoms with E-state index in [0.717, 1.165) is 64.0 Å². The average Bonchev–Trinajstić information content (AvgIpc) is 3.56. The average molecular weight is 611 g/mol. The maximum atomic E-state index is 14.1. The fourth-order valence-electron chi connectivity index (χ4n) is 5.65. The summed E-state index contributed by atoms with van der Waals surface area (Å²) >= 11 is 6.71. The minimum atomic E-state index is -0.209. The van der Waals surface area contributed by atoms with Crippen LogP contribution in [0.2, 0.25) is 5.02 Å². The number of carbonyl (C=O) groups is 1. The van der Waals surface area contributed by atoms with Gasteiger partial charge in [-0.25, -0.2) is 4.98 Å². The smallest absolute Gasteiger partial charge is 0.260 e. The van der Waals surface area contributed by atoms with Crippen molar-refractivity contribution in [1.82, 2.24) is 24.3 Å². The Morgan fingerprint density at radius 2 is 1.98 bits per heavy atom. The van der Waals surface area contributed by atoms with Gasteiger partial charge in [-0.3, -0.25) is 19.1 Å². The Morgan fingerprint density at radius 1 is 1.16 bits per heavy atom. The third-order valence-electron chi connectivity index (χ3n) is 8.16. The number of piperazine rings is 1. The lowest BCUT2D eigenvalue weighted by atomic mass is 10.0. The molecule has 0 radical (unpaired) electrons. The summed E-state index contributed by atoms with van der Waals surface area (Å²) in [4.78, 5) is 39.5. The largest absolute Gasteiger partial charge is 0.497 e. The highest BCUT2D eigenvalue weighted by Crippen LogP contribution is 2.38. The van der Waals surface area contributed by atoms with Gasteiger partial charge < -0.3 is 24.4 Å². The number of ether oxygens (including phenoxy) is 3. The normalized spacial score (nSPS) is 17.3. The fourth-order valence-corrected chi connectivity index (χ4v) is 5.94. The van der Waals surface area contributed by atoms with Gasteiger partial charge in [0.15, 0.2) is 0 Å². The Morgan fingerprint density at radius 3 is 2.67 bits per heavy atom. The summed E-state index contributed by atoms with van der Waals surface area (Å²) in [6, 6.07) is 5.21. The molecule has 2 saturated heterocycles. The Kier molecular flexibility index (Phi) is 10.2. The van der Waals surface area contributed by atoms with Gasteiger partial charge in [-0.15, -0.1) is 0 Å². The maximum Gasteiger partial charge on any atom is 0.260 e. The molecule has 5 rings (SSSR count). The summed E-state index contributed by atoms with van der Waals surface area (Å²) in [6.45, 7) is 10.0. The summed E-state index contributed by atoms with van der Waals surface area (Å²) in [5.74, 6) is 1.92. The van der Waals surface area contributed by atoms with Crippen LogP contribution in [0.25, 0.3) is 22.2 Å². The van der Waals surface area contributed by atoms with Gasteiger partial charge in [-0.2, -0.15) is 4.98 Å². The first-order valence-corrected chi connectivity index (χ1v) is 15.1. The van der Waals surface area contributed by atoms with E-state index in [0.29, 0.717) is 64.8 Å². The van der Waals surface area contributed by atoms with E-state index in [2.05, 4.69) is 21.8 Å². The van der Waals surface area contributed by atoms with Crippen molar-refractivity contribution in [2.24, 2.45) is 5.92 Å². The van der Waals surface area contributed by atoms with Crippen molar-refractivity contribution in [2.45, 2.75) is 25.8 Å². The summed E-state index contributed by atoms with van der Waals surface area (Å²) in [6.07, 6.45) is 5.86. The highest BCUT2D eigenvalue weighted by atomic mass is 35.5. The second kappa shape index (κ2) is 14.2. The lowest BCUT2D eigenvalue weighted by molar-refractivity contribution is -0.127. The predicted octanol–water partition coefficient (Wildman–Crippen LogP) is 3.69. The van der Waals surface area contributed by atoms with Crippen LogP contribution in [0.5, 0.6) is 11.5 Å². The topological polar surface area (TPSA) is 111 Å². The van der Waals surface area contributed by atoms with Gasteiger partial charge in [0.2, 0.25) is 11.9 Å². The van der Waals surface area contributed by atoms with Crippen LogP contribution >= 0.6 is 11.6 Å². The Hall–Kier alpha value is -3.67.